The van der Waals surface area contributed by atoms with E-state index in [-0.39, 0.29) is 0 Å². The molecule has 0 radical (unpaired) electrons. The molecule has 1 rings (SSSR count). The summed E-state index contributed by atoms with van der Waals surface area (Å²) in [5.74, 6) is 0. The minimum atomic E-state index is 1.01. The highest BCUT2D eigenvalue weighted by molar-refractivity contribution is 5.13. The Kier molecular flexibility index (Phi) is 5.54. The quantitative estimate of drug-likeness (QED) is 0.519. The van der Waals surface area contributed by atoms with Crippen molar-refractivity contribution < 1.29 is 0 Å². The maximum absolute atomic E-state index is 2.20. The Morgan fingerprint density at radius 1 is 0.462 bits per heavy atom. The molecule has 0 atom stereocenters. The van der Waals surface area contributed by atoms with E-state index < -0.39 is 0 Å². The molecule has 0 fully saturated rings. The third-order valence-corrected chi connectivity index (χ3v) is 1.76. The van der Waals surface area contributed by atoms with E-state index in [4.69, 9.17) is 0 Å². The molecule has 68 valence electrons. The predicted molar refractivity (Wildman–Crippen MR) is 59.6 cm³/mol. The topological polar surface area (TPSA) is 0 Å². The molecular weight excluding hydrogens is 156 g/mol. The average Bonchev–Trinajstić information content (AvgIpc) is 2.18. The normalized spacial score (nSPS) is 30.2. The van der Waals surface area contributed by atoms with Crippen LogP contribution in [-0.4, -0.2) is 0 Å². The van der Waals surface area contributed by atoms with Crippen molar-refractivity contribution in [3.63, 3.8) is 0 Å². The molecule has 0 heterocycles. The summed E-state index contributed by atoms with van der Waals surface area (Å²) in [5, 5.41) is 0. The lowest BCUT2D eigenvalue weighted by Crippen LogP contribution is -1.62. The highest BCUT2D eigenvalue weighted by atomic mass is 13.8. The standard InChI is InChI=1S/C13H16/c1-2-4-6-8-10-12-13-11-9-7-5-3-1/h1-6,9,11-13H,7-8,10H2/b2-1-,5-3+,6-4+,11-9+,13-12-. The zero-order chi connectivity index (χ0) is 9.19. The van der Waals surface area contributed by atoms with E-state index in [0.717, 1.165) is 19.3 Å². The first-order valence-electron chi connectivity index (χ1n) is 4.80. The van der Waals surface area contributed by atoms with Gasteiger partial charge in [0.1, 0.15) is 0 Å². The monoisotopic (exact) mass is 172 g/mol. The molecule has 0 aromatic rings. The van der Waals surface area contributed by atoms with Crippen LogP contribution in [-0.2, 0) is 0 Å². The maximum atomic E-state index is 2.20. The Hall–Kier alpha value is -1.30. The summed E-state index contributed by atoms with van der Waals surface area (Å²) in [6, 6.07) is 0. The van der Waals surface area contributed by atoms with Gasteiger partial charge in [-0.15, -0.1) is 0 Å². The molecule has 1 aliphatic rings. The van der Waals surface area contributed by atoms with E-state index in [9.17, 15) is 0 Å². The van der Waals surface area contributed by atoms with Crippen LogP contribution in [0.15, 0.2) is 60.8 Å². The van der Waals surface area contributed by atoms with Crippen molar-refractivity contribution in [2.45, 2.75) is 19.3 Å². The summed E-state index contributed by atoms with van der Waals surface area (Å²) >= 11 is 0. The Balaban J connectivity index is 2.49. The molecule has 0 unspecified atom stereocenters. The first-order valence-corrected chi connectivity index (χ1v) is 4.80. The van der Waals surface area contributed by atoms with Crippen molar-refractivity contribution >= 4 is 0 Å². The van der Waals surface area contributed by atoms with E-state index >= 15 is 0 Å². The third-order valence-electron chi connectivity index (χ3n) is 1.76. The first-order chi connectivity index (χ1) is 6.50. The summed E-state index contributed by atoms with van der Waals surface area (Å²) in [5.41, 5.74) is 0. The van der Waals surface area contributed by atoms with Gasteiger partial charge in [0, 0.05) is 0 Å². The van der Waals surface area contributed by atoms with Crippen LogP contribution in [0.3, 0.4) is 0 Å². The molecule has 0 heteroatoms. The number of rotatable bonds is 0. The second kappa shape index (κ2) is 7.35. The summed E-state index contributed by atoms with van der Waals surface area (Å²) in [6.45, 7) is 0. The van der Waals surface area contributed by atoms with E-state index in [1.54, 1.807) is 0 Å². The summed E-state index contributed by atoms with van der Waals surface area (Å²) < 4.78 is 0. The lowest BCUT2D eigenvalue weighted by molar-refractivity contribution is 1.05. The van der Waals surface area contributed by atoms with Gasteiger partial charge >= 0.3 is 0 Å². The Bertz CT molecular complexity index is 249. The van der Waals surface area contributed by atoms with Gasteiger partial charge in [0.05, 0.1) is 0 Å². The van der Waals surface area contributed by atoms with Gasteiger partial charge < -0.3 is 0 Å². The number of allylic oxidation sites excluding steroid dienone is 10. The van der Waals surface area contributed by atoms with Gasteiger partial charge in [-0.3, -0.25) is 0 Å². The second-order valence-electron chi connectivity index (χ2n) is 2.91. The van der Waals surface area contributed by atoms with Crippen LogP contribution >= 0.6 is 0 Å². The zero-order valence-electron chi connectivity index (χ0n) is 7.89. The molecule has 0 saturated carbocycles. The van der Waals surface area contributed by atoms with Crippen LogP contribution < -0.4 is 0 Å². The molecule has 0 aromatic carbocycles. The summed E-state index contributed by atoms with van der Waals surface area (Å²) in [4.78, 5) is 0. The minimum Gasteiger partial charge on any atom is -0.0842 e. The third kappa shape index (κ3) is 5.92. The SMILES string of the molecule is C1=C\C=C\CC/C=C\C=C\C/C=C/1. The van der Waals surface area contributed by atoms with Crippen molar-refractivity contribution in [3.05, 3.63) is 60.8 Å². The van der Waals surface area contributed by atoms with Gasteiger partial charge in [0.25, 0.3) is 0 Å². The molecule has 0 saturated heterocycles. The lowest BCUT2D eigenvalue weighted by Gasteiger charge is -1.83. The summed E-state index contributed by atoms with van der Waals surface area (Å²) in [6.07, 6.45) is 24.5. The van der Waals surface area contributed by atoms with Crippen molar-refractivity contribution in [2.75, 3.05) is 0 Å². The largest absolute Gasteiger partial charge is 0.0842 e. The Morgan fingerprint density at radius 2 is 0.923 bits per heavy atom. The molecule has 0 aliphatic heterocycles. The van der Waals surface area contributed by atoms with Crippen LogP contribution in [0.4, 0.5) is 0 Å². The van der Waals surface area contributed by atoms with Gasteiger partial charge in [0.2, 0.25) is 0 Å². The van der Waals surface area contributed by atoms with Crippen molar-refractivity contribution in [1.29, 1.82) is 0 Å². The van der Waals surface area contributed by atoms with Gasteiger partial charge in [0.15, 0.2) is 0 Å². The molecule has 0 nitrogen and oxygen atoms in total. The smallest absolute Gasteiger partial charge is 0.0163 e. The molecular formula is C13H16. The van der Waals surface area contributed by atoms with Crippen LogP contribution in [0.5, 0.6) is 0 Å². The fourth-order valence-corrected chi connectivity index (χ4v) is 1.06. The average molecular weight is 172 g/mol. The van der Waals surface area contributed by atoms with Crippen molar-refractivity contribution in [1.82, 2.24) is 0 Å². The molecule has 0 spiro atoms. The fourth-order valence-electron chi connectivity index (χ4n) is 1.06. The van der Waals surface area contributed by atoms with E-state index in [1.165, 1.54) is 0 Å². The molecule has 13 heavy (non-hydrogen) atoms. The van der Waals surface area contributed by atoms with Gasteiger partial charge in [-0.05, 0) is 19.3 Å². The highest BCUT2D eigenvalue weighted by Crippen LogP contribution is 1.96. The van der Waals surface area contributed by atoms with E-state index in [1.807, 2.05) is 0 Å². The first kappa shape index (κ1) is 9.79. The fraction of sp³-hybridized carbons (Fsp3) is 0.231. The number of hydrogen-bond acceptors (Lipinski definition) is 0. The molecule has 0 bridgehead atoms. The van der Waals surface area contributed by atoms with E-state index in [0.29, 0.717) is 0 Å². The highest BCUT2D eigenvalue weighted by Gasteiger charge is 1.75. The lowest BCUT2D eigenvalue weighted by atomic mass is 10.2. The minimum absolute atomic E-state index is 1.01. The molecule has 0 aromatic heterocycles. The van der Waals surface area contributed by atoms with Gasteiger partial charge in [-0.25, -0.2) is 0 Å². The molecule has 0 amide bonds. The van der Waals surface area contributed by atoms with Crippen LogP contribution in [0.2, 0.25) is 0 Å². The van der Waals surface area contributed by atoms with Gasteiger partial charge in [-0.1, -0.05) is 60.8 Å². The van der Waals surface area contributed by atoms with Crippen molar-refractivity contribution in [3.8, 4) is 0 Å². The summed E-state index contributed by atoms with van der Waals surface area (Å²) in [7, 11) is 0. The second-order valence-corrected chi connectivity index (χ2v) is 2.91. The predicted octanol–water partition coefficient (Wildman–Crippen LogP) is 3.95. The van der Waals surface area contributed by atoms with E-state index in [2.05, 4.69) is 60.8 Å². The van der Waals surface area contributed by atoms with Crippen LogP contribution in [0, 0.1) is 0 Å². The van der Waals surface area contributed by atoms with Crippen LogP contribution in [0.1, 0.15) is 19.3 Å². The number of hydrogen-bond donors (Lipinski definition) is 0. The van der Waals surface area contributed by atoms with Gasteiger partial charge in [-0.2, -0.15) is 0 Å². The molecule has 0 N–H and O–H groups in total. The van der Waals surface area contributed by atoms with Crippen molar-refractivity contribution in [2.24, 2.45) is 0 Å². The Labute approximate surface area is 80.7 Å². The zero-order valence-corrected chi connectivity index (χ0v) is 7.89. The van der Waals surface area contributed by atoms with Crippen LogP contribution in [0.25, 0.3) is 0 Å². The maximum Gasteiger partial charge on any atom is -0.0163 e. The Morgan fingerprint density at radius 3 is 1.62 bits per heavy atom. The molecule has 1 aliphatic carbocycles.